The van der Waals surface area contributed by atoms with Crippen LogP contribution in [-0.2, 0) is 6.42 Å². The van der Waals surface area contributed by atoms with Gasteiger partial charge in [0.15, 0.2) is 0 Å². The fraction of sp³-hybridized carbons (Fsp3) is 0.538. The second-order valence-electron chi connectivity index (χ2n) is 3.95. The van der Waals surface area contributed by atoms with Gasteiger partial charge in [-0.25, -0.2) is 0 Å². The molecule has 0 saturated carbocycles. The highest BCUT2D eigenvalue weighted by atomic mass is 16.5. The molecular weight excluding hydrogens is 186 g/mol. The van der Waals surface area contributed by atoms with Gasteiger partial charge in [0, 0.05) is 6.04 Å². The van der Waals surface area contributed by atoms with Crippen LogP contribution in [0.4, 0.5) is 0 Å². The van der Waals surface area contributed by atoms with Crippen LogP contribution < -0.4 is 10.5 Å². The smallest absolute Gasteiger partial charge is 0.118 e. The molecule has 1 aromatic rings. The van der Waals surface area contributed by atoms with E-state index in [1.165, 1.54) is 18.4 Å². The van der Waals surface area contributed by atoms with E-state index in [0.717, 1.165) is 18.6 Å². The Kier molecular flexibility index (Phi) is 5.19. The molecule has 0 aliphatic carbocycles. The first-order valence-electron chi connectivity index (χ1n) is 5.64. The molecule has 1 rings (SSSR count). The lowest BCUT2D eigenvalue weighted by Crippen LogP contribution is -2.22. The Bertz CT molecular complexity index is 268. The molecule has 0 spiro atoms. The highest BCUT2D eigenvalue weighted by molar-refractivity contribution is 5.27. The third kappa shape index (κ3) is 4.34. The molecular formula is C13H21NO. The van der Waals surface area contributed by atoms with Gasteiger partial charge < -0.3 is 10.5 Å². The van der Waals surface area contributed by atoms with Crippen molar-refractivity contribution in [3.63, 3.8) is 0 Å². The van der Waals surface area contributed by atoms with E-state index in [0.29, 0.717) is 6.04 Å². The fourth-order valence-electron chi connectivity index (χ4n) is 1.63. The summed E-state index contributed by atoms with van der Waals surface area (Å²) in [5.41, 5.74) is 7.32. The van der Waals surface area contributed by atoms with Crippen molar-refractivity contribution < 1.29 is 4.74 Å². The standard InChI is InChI=1S/C13H21NO/c1-3-4-5-12(14)10-11-6-8-13(15-2)9-7-11/h6-9,12H,3-5,10,14H2,1-2H3. The van der Waals surface area contributed by atoms with Gasteiger partial charge in [0.25, 0.3) is 0 Å². The molecule has 0 aliphatic rings. The molecule has 0 heterocycles. The topological polar surface area (TPSA) is 35.2 Å². The number of hydrogen-bond donors (Lipinski definition) is 1. The van der Waals surface area contributed by atoms with Crippen LogP contribution in [0.15, 0.2) is 24.3 Å². The lowest BCUT2D eigenvalue weighted by Gasteiger charge is -2.11. The van der Waals surface area contributed by atoms with Crippen LogP contribution in [-0.4, -0.2) is 13.2 Å². The highest BCUT2D eigenvalue weighted by Crippen LogP contribution is 2.13. The van der Waals surface area contributed by atoms with Crippen LogP contribution in [0.1, 0.15) is 31.7 Å². The van der Waals surface area contributed by atoms with E-state index >= 15 is 0 Å². The highest BCUT2D eigenvalue weighted by Gasteiger charge is 2.03. The van der Waals surface area contributed by atoms with Gasteiger partial charge in [-0.05, 0) is 30.5 Å². The number of ether oxygens (including phenoxy) is 1. The van der Waals surface area contributed by atoms with Gasteiger partial charge in [-0.15, -0.1) is 0 Å². The van der Waals surface area contributed by atoms with Gasteiger partial charge in [0.1, 0.15) is 5.75 Å². The summed E-state index contributed by atoms with van der Waals surface area (Å²) in [6.07, 6.45) is 4.51. The van der Waals surface area contributed by atoms with Crippen molar-refractivity contribution in [2.75, 3.05) is 7.11 Å². The molecule has 0 bridgehead atoms. The van der Waals surface area contributed by atoms with Crippen molar-refractivity contribution in [1.82, 2.24) is 0 Å². The molecule has 15 heavy (non-hydrogen) atoms. The third-order valence-electron chi connectivity index (χ3n) is 2.59. The maximum atomic E-state index is 6.03. The van der Waals surface area contributed by atoms with Crippen LogP contribution >= 0.6 is 0 Å². The van der Waals surface area contributed by atoms with Gasteiger partial charge in [0.2, 0.25) is 0 Å². The van der Waals surface area contributed by atoms with Crippen molar-refractivity contribution in [3.8, 4) is 5.75 Å². The summed E-state index contributed by atoms with van der Waals surface area (Å²) in [6, 6.07) is 8.44. The average molecular weight is 207 g/mol. The Morgan fingerprint density at radius 1 is 1.27 bits per heavy atom. The van der Waals surface area contributed by atoms with Gasteiger partial charge in [-0.1, -0.05) is 31.9 Å². The summed E-state index contributed by atoms with van der Waals surface area (Å²) < 4.78 is 5.11. The first kappa shape index (κ1) is 12.1. The van der Waals surface area contributed by atoms with Crippen molar-refractivity contribution in [3.05, 3.63) is 29.8 Å². The molecule has 1 unspecified atom stereocenters. The largest absolute Gasteiger partial charge is 0.497 e. The number of nitrogens with two attached hydrogens (primary N) is 1. The summed E-state index contributed by atoms with van der Waals surface area (Å²) in [5.74, 6) is 0.904. The lowest BCUT2D eigenvalue weighted by atomic mass is 10.0. The minimum absolute atomic E-state index is 0.290. The first-order chi connectivity index (χ1) is 7.26. The number of unbranched alkanes of at least 4 members (excludes halogenated alkanes) is 1. The van der Waals surface area contributed by atoms with Crippen molar-refractivity contribution in [2.45, 2.75) is 38.6 Å². The zero-order chi connectivity index (χ0) is 11.1. The van der Waals surface area contributed by atoms with Gasteiger partial charge >= 0.3 is 0 Å². The summed E-state index contributed by atoms with van der Waals surface area (Å²) in [7, 11) is 1.68. The van der Waals surface area contributed by atoms with E-state index in [1.807, 2.05) is 12.1 Å². The Morgan fingerprint density at radius 2 is 1.93 bits per heavy atom. The fourth-order valence-corrected chi connectivity index (χ4v) is 1.63. The van der Waals surface area contributed by atoms with Gasteiger partial charge in [-0.2, -0.15) is 0 Å². The Labute approximate surface area is 92.4 Å². The third-order valence-corrected chi connectivity index (χ3v) is 2.59. The molecule has 0 saturated heterocycles. The molecule has 0 aromatic heterocycles. The van der Waals surface area contributed by atoms with Gasteiger partial charge in [-0.3, -0.25) is 0 Å². The Balaban J connectivity index is 2.42. The SMILES string of the molecule is CCCCC(N)Cc1ccc(OC)cc1. The summed E-state index contributed by atoms with van der Waals surface area (Å²) in [6.45, 7) is 2.19. The second kappa shape index (κ2) is 6.46. The number of rotatable bonds is 6. The van der Waals surface area contributed by atoms with Crippen LogP contribution in [0.25, 0.3) is 0 Å². The number of benzene rings is 1. The summed E-state index contributed by atoms with van der Waals surface area (Å²) in [4.78, 5) is 0. The minimum atomic E-state index is 0.290. The summed E-state index contributed by atoms with van der Waals surface area (Å²) >= 11 is 0. The average Bonchev–Trinajstić information content (AvgIpc) is 2.27. The van der Waals surface area contributed by atoms with E-state index in [4.69, 9.17) is 10.5 Å². The van der Waals surface area contributed by atoms with Gasteiger partial charge in [0.05, 0.1) is 7.11 Å². The minimum Gasteiger partial charge on any atom is -0.497 e. The molecule has 1 aromatic carbocycles. The molecule has 84 valence electrons. The monoisotopic (exact) mass is 207 g/mol. The Morgan fingerprint density at radius 3 is 2.47 bits per heavy atom. The van der Waals surface area contributed by atoms with Crippen LogP contribution in [0.2, 0.25) is 0 Å². The van der Waals surface area contributed by atoms with Crippen LogP contribution in [0.3, 0.4) is 0 Å². The predicted octanol–water partition coefficient (Wildman–Crippen LogP) is 2.76. The molecule has 0 amide bonds. The van der Waals surface area contributed by atoms with Crippen molar-refractivity contribution in [1.29, 1.82) is 0 Å². The van der Waals surface area contributed by atoms with Crippen LogP contribution in [0, 0.1) is 0 Å². The molecule has 0 radical (unpaired) electrons. The number of methoxy groups -OCH3 is 1. The van der Waals surface area contributed by atoms with Crippen LogP contribution in [0.5, 0.6) is 5.75 Å². The van der Waals surface area contributed by atoms with E-state index < -0.39 is 0 Å². The normalized spacial score (nSPS) is 12.5. The predicted molar refractivity (Wildman–Crippen MR) is 64.2 cm³/mol. The van der Waals surface area contributed by atoms with E-state index in [1.54, 1.807) is 7.11 Å². The zero-order valence-electron chi connectivity index (χ0n) is 9.70. The zero-order valence-corrected chi connectivity index (χ0v) is 9.70. The van der Waals surface area contributed by atoms with Crippen molar-refractivity contribution in [2.24, 2.45) is 5.73 Å². The van der Waals surface area contributed by atoms with E-state index in [2.05, 4.69) is 19.1 Å². The molecule has 2 N–H and O–H groups in total. The van der Waals surface area contributed by atoms with Crippen molar-refractivity contribution >= 4 is 0 Å². The molecule has 0 aliphatic heterocycles. The van der Waals surface area contributed by atoms with E-state index in [9.17, 15) is 0 Å². The summed E-state index contributed by atoms with van der Waals surface area (Å²) in [5, 5.41) is 0. The first-order valence-corrected chi connectivity index (χ1v) is 5.64. The molecule has 0 fully saturated rings. The maximum absolute atomic E-state index is 6.03. The van der Waals surface area contributed by atoms with E-state index in [-0.39, 0.29) is 0 Å². The number of hydrogen-bond acceptors (Lipinski definition) is 2. The molecule has 2 heteroatoms. The quantitative estimate of drug-likeness (QED) is 0.778. The second-order valence-corrected chi connectivity index (χ2v) is 3.95. The Hall–Kier alpha value is -1.02. The molecule has 2 nitrogen and oxygen atoms in total. The maximum Gasteiger partial charge on any atom is 0.118 e. The molecule has 1 atom stereocenters. The lowest BCUT2D eigenvalue weighted by molar-refractivity contribution is 0.414.